The van der Waals surface area contributed by atoms with Crippen LogP contribution in [0.15, 0.2) is 54.6 Å². The maximum absolute atomic E-state index is 12.0. The van der Waals surface area contributed by atoms with E-state index in [1.54, 1.807) is 17.9 Å². The Hall–Kier alpha value is -3.08. The van der Waals surface area contributed by atoms with Gasteiger partial charge in [-0.3, -0.25) is 0 Å². The molecule has 3 aromatic rings. The van der Waals surface area contributed by atoms with E-state index in [0.717, 1.165) is 17.7 Å². The van der Waals surface area contributed by atoms with Gasteiger partial charge in [-0.05, 0) is 30.7 Å². The molecule has 0 aliphatic rings. The summed E-state index contributed by atoms with van der Waals surface area (Å²) in [7, 11) is 1.59. The molecule has 0 bridgehead atoms. The molecular weight excluding hydrogens is 316 g/mol. The molecule has 25 heavy (non-hydrogen) atoms. The summed E-state index contributed by atoms with van der Waals surface area (Å²) < 4.78 is 7.00. The van der Waals surface area contributed by atoms with E-state index in [-0.39, 0.29) is 5.56 Å². The lowest BCUT2D eigenvalue weighted by atomic mass is 10.0. The number of benzene rings is 2. The van der Waals surface area contributed by atoms with Crippen molar-refractivity contribution in [2.75, 3.05) is 7.11 Å². The van der Waals surface area contributed by atoms with Crippen LogP contribution in [0.5, 0.6) is 5.75 Å². The number of rotatable bonds is 6. The van der Waals surface area contributed by atoms with E-state index in [9.17, 15) is 9.90 Å². The monoisotopic (exact) mass is 336 g/mol. The molecule has 0 aliphatic heterocycles. The van der Waals surface area contributed by atoms with Gasteiger partial charge in [-0.15, -0.1) is 0 Å². The molecule has 0 amide bonds. The Bertz CT molecular complexity index is 885. The molecule has 128 valence electrons. The van der Waals surface area contributed by atoms with Gasteiger partial charge < -0.3 is 9.84 Å². The van der Waals surface area contributed by atoms with E-state index in [1.807, 2.05) is 55.5 Å². The highest BCUT2D eigenvalue weighted by Gasteiger charge is 2.24. The van der Waals surface area contributed by atoms with Crippen molar-refractivity contribution in [2.24, 2.45) is 0 Å². The first-order chi connectivity index (χ1) is 12.2. The average Bonchev–Trinajstić information content (AvgIpc) is 3.02. The van der Waals surface area contributed by atoms with Gasteiger partial charge in [0, 0.05) is 5.56 Å². The van der Waals surface area contributed by atoms with Crippen LogP contribution >= 0.6 is 0 Å². The van der Waals surface area contributed by atoms with Crippen molar-refractivity contribution in [3.05, 3.63) is 65.9 Å². The van der Waals surface area contributed by atoms with E-state index in [2.05, 4.69) is 5.10 Å². The Labute approximate surface area is 146 Å². The third-order valence-corrected chi connectivity index (χ3v) is 4.03. The number of carbonyl (C=O) groups is 1. The van der Waals surface area contributed by atoms with Crippen LogP contribution in [0.25, 0.3) is 16.9 Å². The van der Waals surface area contributed by atoms with Gasteiger partial charge in [0.2, 0.25) is 0 Å². The van der Waals surface area contributed by atoms with Crippen molar-refractivity contribution in [1.82, 2.24) is 9.78 Å². The van der Waals surface area contributed by atoms with Gasteiger partial charge in [0.25, 0.3) is 0 Å². The summed E-state index contributed by atoms with van der Waals surface area (Å²) in [6.45, 7) is 2.03. The van der Waals surface area contributed by atoms with Gasteiger partial charge in [0.15, 0.2) is 0 Å². The molecule has 0 atom stereocenters. The maximum atomic E-state index is 12.0. The number of hydrogen-bond acceptors (Lipinski definition) is 3. The van der Waals surface area contributed by atoms with Crippen molar-refractivity contribution in [1.29, 1.82) is 0 Å². The van der Waals surface area contributed by atoms with Crippen LogP contribution in [0.1, 0.15) is 29.4 Å². The Morgan fingerprint density at radius 2 is 1.92 bits per heavy atom. The van der Waals surface area contributed by atoms with Crippen molar-refractivity contribution >= 4 is 5.97 Å². The predicted molar refractivity (Wildman–Crippen MR) is 96.5 cm³/mol. The third kappa shape index (κ3) is 3.26. The number of carboxylic acids is 1. The van der Waals surface area contributed by atoms with Crippen molar-refractivity contribution in [2.45, 2.75) is 19.8 Å². The topological polar surface area (TPSA) is 64.3 Å². The van der Waals surface area contributed by atoms with Crippen molar-refractivity contribution in [3.63, 3.8) is 0 Å². The fraction of sp³-hybridized carbons (Fsp3) is 0.200. The zero-order valence-corrected chi connectivity index (χ0v) is 14.3. The number of para-hydroxylation sites is 1. The zero-order valence-electron chi connectivity index (χ0n) is 14.3. The molecular formula is C20H20N2O3. The van der Waals surface area contributed by atoms with E-state index in [4.69, 9.17) is 4.74 Å². The fourth-order valence-corrected chi connectivity index (χ4v) is 2.90. The number of aromatic nitrogens is 2. The summed E-state index contributed by atoms with van der Waals surface area (Å²) in [5, 5.41) is 14.5. The van der Waals surface area contributed by atoms with Crippen molar-refractivity contribution < 1.29 is 14.6 Å². The van der Waals surface area contributed by atoms with Crippen LogP contribution in [0.2, 0.25) is 0 Å². The Morgan fingerprint density at radius 3 is 2.56 bits per heavy atom. The van der Waals surface area contributed by atoms with Crippen LogP contribution in [-0.4, -0.2) is 28.0 Å². The Kier molecular flexibility index (Phi) is 4.84. The van der Waals surface area contributed by atoms with Crippen LogP contribution in [0, 0.1) is 0 Å². The Morgan fingerprint density at radius 1 is 1.16 bits per heavy atom. The Balaban J connectivity index is 2.26. The van der Waals surface area contributed by atoms with Crippen LogP contribution in [-0.2, 0) is 6.42 Å². The summed E-state index contributed by atoms with van der Waals surface area (Å²) in [4.78, 5) is 12.0. The molecule has 3 rings (SSSR count). The SMILES string of the molecule is CCCc1c(C(=O)O)c(-c2cccc(OC)c2)nn1-c1ccccc1. The van der Waals surface area contributed by atoms with E-state index in [1.165, 1.54) is 0 Å². The zero-order chi connectivity index (χ0) is 17.8. The second-order valence-corrected chi connectivity index (χ2v) is 5.70. The summed E-state index contributed by atoms with van der Waals surface area (Å²) in [6, 6.07) is 16.9. The van der Waals surface area contributed by atoms with Gasteiger partial charge in [-0.25, -0.2) is 9.48 Å². The summed E-state index contributed by atoms with van der Waals surface area (Å²) >= 11 is 0. The fourth-order valence-electron chi connectivity index (χ4n) is 2.90. The molecule has 1 aromatic heterocycles. The molecule has 0 radical (unpaired) electrons. The first kappa shape index (κ1) is 16.8. The number of carboxylic acid groups (broad SMARTS) is 1. The summed E-state index contributed by atoms with van der Waals surface area (Å²) in [5.74, 6) is -0.302. The van der Waals surface area contributed by atoms with Gasteiger partial charge in [-0.1, -0.05) is 43.7 Å². The molecule has 5 nitrogen and oxygen atoms in total. The van der Waals surface area contributed by atoms with Gasteiger partial charge >= 0.3 is 5.97 Å². The number of aromatic carboxylic acids is 1. The molecule has 0 aliphatic carbocycles. The van der Waals surface area contributed by atoms with Gasteiger partial charge in [0.1, 0.15) is 17.0 Å². The number of ether oxygens (including phenoxy) is 1. The summed E-state index contributed by atoms with van der Waals surface area (Å²) in [5.41, 5.74) is 2.99. The van der Waals surface area contributed by atoms with Crippen LogP contribution in [0.4, 0.5) is 0 Å². The molecule has 0 saturated carbocycles. The first-order valence-corrected chi connectivity index (χ1v) is 8.20. The minimum absolute atomic E-state index is 0.249. The second kappa shape index (κ2) is 7.21. The smallest absolute Gasteiger partial charge is 0.339 e. The molecule has 0 unspecified atom stereocenters. The lowest BCUT2D eigenvalue weighted by Gasteiger charge is -2.07. The third-order valence-electron chi connectivity index (χ3n) is 4.03. The second-order valence-electron chi connectivity index (χ2n) is 5.70. The first-order valence-electron chi connectivity index (χ1n) is 8.20. The minimum atomic E-state index is -0.969. The maximum Gasteiger partial charge on any atom is 0.339 e. The molecule has 2 aromatic carbocycles. The molecule has 0 saturated heterocycles. The molecule has 0 spiro atoms. The number of methoxy groups -OCH3 is 1. The van der Waals surface area contributed by atoms with Gasteiger partial charge in [-0.2, -0.15) is 5.10 Å². The highest BCUT2D eigenvalue weighted by atomic mass is 16.5. The molecule has 1 N–H and O–H groups in total. The standard InChI is InChI=1S/C20H20N2O3/c1-3-8-17-18(20(23)24)19(14-9-7-12-16(13-14)25-2)21-22(17)15-10-5-4-6-11-15/h4-7,9-13H,3,8H2,1-2H3,(H,23,24). The normalized spacial score (nSPS) is 10.6. The average molecular weight is 336 g/mol. The predicted octanol–water partition coefficient (Wildman–Crippen LogP) is 4.20. The quantitative estimate of drug-likeness (QED) is 0.733. The largest absolute Gasteiger partial charge is 0.497 e. The highest BCUT2D eigenvalue weighted by molar-refractivity contribution is 5.96. The lowest BCUT2D eigenvalue weighted by molar-refractivity contribution is 0.0696. The van der Waals surface area contributed by atoms with Crippen LogP contribution in [0.3, 0.4) is 0 Å². The number of hydrogen-bond donors (Lipinski definition) is 1. The van der Waals surface area contributed by atoms with E-state index < -0.39 is 5.97 Å². The molecule has 1 heterocycles. The van der Waals surface area contributed by atoms with Crippen molar-refractivity contribution in [3.8, 4) is 22.7 Å². The van der Waals surface area contributed by atoms with Gasteiger partial charge in [0.05, 0.1) is 18.5 Å². The van der Waals surface area contributed by atoms with E-state index >= 15 is 0 Å². The minimum Gasteiger partial charge on any atom is -0.497 e. The van der Waals surface area contributed by atoms with E-state index in [0.29, 0.717) is 23.6 Å². The highest BCUT2D eigenvalue weighted by Crippen LogP contribution is 2.30. The lowest BCUT2D eigenvalue weighted by Crippen LogP contribution is -2.06. The molecule has 0 fully saturated rings. The molecule has 5 heteroatoms. The summed E-state index contributed by atoms with van der Waals surface area (Å²) in [6.07, 6.45) is 1.46. The number of nitrogens with zero attached hydrogens (tertiary/aromatic N) is 2. The van der Waals surface area contributed by atoms with Crippen LogP contribution < -0.4 is 4.74 Å².